The van der Waals surface area contributed by atoms with Crippen LogP contribution in [0.4, 0.5) is 0 Å². The van der Waals surface area contributed by atoms with Crippen molar-refractivity contribution < 1.29 is 14.7 Å². The minimum absolute atomic E-state index is 0.179. The van der Waals surface area contributed by atoms with Crippen LogP contribution < -0.4 is 5.32 Å². The zero-order valence-electron chi connectivity index (χ0n) is 13.7. The number of hydrogen-bond donors (Lipinski definition) is 2. The number of hydrogen-bond acceptors (Lipinski definition) is 4. The molecule has 0 radical (unpaired) electrons. The van der Waals surface area contributed by atoms with Crippen LogP contribution in [0.1, 0.15) is 29.3 Å². The monoisotopic (exact) mass is 347 g/mol. The number of amides is 1. The van der Waals surface area contributed by atoms with Crippen LogP contribution in [-0.4, -0.2) is 38.6 Å². The summed E-state index contributed by atoms with van der Waals surface area (Å²) in [6, 6.07) is 7.07. The maximum absolute atomic E-state index is 12.3. The Labute approximate surface area is 145 Å². The van der Waals surface area contributed by atoms with Crippen LogP contribution in [-0.2, 0) is 18.3 Å². The zero-order valence-corrected chi connectivity index (χ0v) is 14.5. The van der Waals surface area contributed by atoms with Crippen LogP contribution in [0.25, 0.3) is 0 Å². The molecule has 1 amide bonds. The third-order valence-corrected chi connectivity index (χ3v) is 4.63. The zero-order chi connectivity index (χ0) is 17.5. The van der Waals surface area contributed by atoms with Gasteiger partial charge in [0.2, 0.25) is 0 Å². The van der Waals surface area contributed by atoms with Crippen molar-refractivity contribution in [2.24, 2.45) is 7.05 Å². The molecule has 7 heteroatoms. The number of aliphatic carboxylic acids is 1. The number of nitrogens with one attached hydrogen (secondary N) is 1. The van der Waals surface area contributed by atoms with E-state index in [1.807, 2.05) is 19.4 Å². The van der Waals surface area contributed by atoms with Crippen LogP contribution in [0.15, 0.2) is 41.6 Å². The lowest BCUT2D eigenvalue weighted by molar-refractivity contribution is -0.136. The first kappa shape index (κ1) is 18.1. The Morgan fingerprint density at radius 1 is 1.38 bits per heavy atom. The van der Waals surface area contributed by atoms with E-state index in [1.165, 1.54) is 11.8 Å². The Balaban J connectivity index is 1.88. The molecule has 1 aromatic carbocycles. The van der Waals surface area contributed by atoms with Crippen molar-refractivity contribution in [2.45, 2.75) is 29.9 Å². The summed E-state index contributed by atoms with van der Waals surface area (Å²) in [6.45, 7) is 2.16. The summed E-state index contributed by atoms with van der Waals surface area (Å²) in [6.07, 6.45) is 5.45. The lowest BCUT2D eigenvalue weighted by Gasteiger charge is -2.11. The lowest BCUT2D eigenvalue weighted by atomic mass is 10.2. The van der Waals surface area contributed by atoms with Crippen molar-refractivity contribution in [3.63, 3.8) is 0 Å². The second-order valence-electron chi connectivity index (χ2n) is 5.48. The molecule has 1 heterocycles. The molecular weight excluding hydrogens is 326 g/mol. The van der Waals surface area contributed by atoms with Crippen molar-refractivity contribution in [3.8, 4) is 0 Å². The number of aromatic nitrogens is 2. The highest BCUT2D eigenvalue weighted by Gasteiger charge is 2.17. The maximum atomic E-state index is 12.3. The molecule has 1 aromatic heterocycles. The highest BCUT2D eigenvalue weighted by Crippen LogP contribution is 2.26. The predicted molar refractivity (Wildman–Crippen MR) is 93.3 cm³/mol. The van der Waals surface area contributed by atoms with Gasteiger partial charge in [0.25, 0.3) is 5.91 Å². The number of thioether (sulfide) groups is 1. The van der Waals surface area contributed by atoms with E-state index in [9.17, 15) is 9.59 Å². The van der Waals surface area contributed by atoms with E-state index in [-0.39, 0.29) is 5.91 Å². The molecule has 128 valence electrons. The SMILES string of the molecule is CC(Sc1ccccc1C(=O)NCCCc1cnn(C)c1)C(=O)O. The van der Waals surface area contributed by atoms with Gasteiger partial charge in [0.1, 0.15) is 5.25 Å². The van der Waals surface area contributed by atoms with Gasteiger partial charge in [0.15, 0.2) is 0 Å². The number of carbonyl (C=O) groups excluding carboxylic acids is 1. The normalized spacial score (nSPS) is 11.9. The summed E-state index contributed by atoms with van der Waals surface area (Å²) in [7, 11) is 1.87. The Bertz CT molecular complexity index is 715. The summed E-state index contributed by atoms with van der Waals surface area (Å²) in [5.74, 6) is -1.08. The fraction of sp³-hybridized carbons (Fsp3) is 0.353. The number of benzene rings is 1. The Morgan fingerprint density at radius 2 is 2.12 bits per heavy atom. The number of carboxylic acid groups (broad SMARTS) is 1. The first-order valence-corrected chi connectivity index (χ1v) is 8.59. The molecule has 1 atom stereocenters. The minimum Gasteiger partial charge on any atom is -0.480 e. The standard InChI is InChI=1S/C17H21N3O3S/c1-12(17(22)23)24-15-8-4-3-7-14(15)16(21)18-9-5-6-13-10-19-20(2)11-13/h3-4,7-8,10-12H,5-6,9H2,1-2H3,(H,18,21)(H,22,23). The number of carbonyl (C=O) groups is 2. The summed E-state index contributed by atoms with van der Waals surface area (Å²) >= 11 is 1.17. The summed E-state index contributed by atoms with van der Waals surface area (Å²) in [5.41, 5.74) is 1.65. The highest BCUT2D eigenvalue weighted by molar-refractivity contribution is 8.00. The van der Waals surface area contributed by atoms with Crippen molar-refractivity contribution in [1.82, 2.24) is 15.1 Å². The van der Waals surface area contributed by atoms with E-state index < -0.39 is 11.2 Å². The lowest BCUT2D eigenvalue weighted by Crippen LogP contribution is -2.25. The molecule has 0 saturated carbocycles. The molecule has 0 spiro atoms. The van der Waals surface area contributed by atoms with Crippen molar-refractivity contribution in [3.05, 3.63) is 47.8 Å². The molecular formula is C17H21N3O3S. The van der Waals surface area contributed by atoms with Gasteiger partial charge < -0.3 is 10.4 Å². The molecule has 2 rings (SSSR count). The molecule has 0 bridgehead atoms. The van der Waals surface area contributed by atoms with Gasteiger partial charge in [-0.3, -0.25) is 14.3 Å². The molecule has 2 N–H and O–H groups in total. The maximum Gasteiger partial charge on any atom is 0.316 e. The minimum atomic E-state index is -0.897. The largest absolute Gasteiger partial charge is 0.480 e. The second-order valence-corrected chi connectivity index (χ2v) is 6.86. The molecule has 1 unspecified atom stereocenters. The van der Waals surface area contributed by atoms with E-state index in [0.717, 1.165) is 18.4 Å². The molecule has 2 aromatic rings. The van der Waals surface area contributed by atoms with E-state index in [1.54, 1.807) is 35.9 Å². The Hall–Kier alpha value is -2.28. The first-order valence-electron chi connectivity index (χ1n) is 7.71. The van der Waals surface area contributed by atoms with Gasteiger partial charge in [-0.05, 0) is 37.5 Å². The summed E-state index contributed by atoms with van der Waals surface area (Å²) < 4.78 is 1.75. The molecule has 6 nitrogen and oxygen atoms in total. The van der Waals surface area contributed by atoms with Crippen LogP contribution in [0.5, 0.6) is 0 Å². The van der Waals surface area contributed by atoms with Gasteiger partial charge >= 0.3 is 5.97 Å². The van der Waals surface area contributed by atoms with Gasteiger partial charge in [-0.2, -0.15) is 5.10 Å². The van der Waals surface area contributed by atoms with E-state index in [2.05, 4.69) is 10.4 Å². The Kier molecular flexibility index (Phi) is 6.43. The molecule has 0 saturated heterocycles. The van der Waals surface area contributed by atoms with Crippen molar-refractivity contribution in [1.29, 1.82) is 0 Å². The molecule has 0 aliphatic heterocycles. The smallest absolute Gasteiger partial charge is 0.316 e. The van der Waals surface area contributed by atoms with Crippen molar-refractivity contribution in [2.75, 3.05) is 6.54 Å². The molecule has 0 fully saturated rings. The van der Waals surface area contributed by atoms with E-state index in [0.29, 0.717) is 17.0 Å². The second kappa shape index (κ2) is 8.54. The van der Waals surface area contributed by atoms with Crippen LogP contribution in [0.3, 0.4) is 0 Å². The van der Waals surface area contributed by atoms with Gasteiger partial charge in [-0.1, -0.05) is 12.1 Å². The van der Waals surface area contributed by atoms with Crippen LogP contribution in [0, 0.1) is 0 Å². The first-order chi connectivity index (χ1) is 11.5. The summed E-state index contributed by atoms with van der Waals surface area (Å²) in [4.78, 5) is 24.0. The fourth-order valence-electron chi connectivity index (χ4n) is 2.19. The van der Waals surface area contributed by atoms with Gasteiger partial charge in [-0.15, -0.1) is 11.8 Å². The number of aryl methyl sites for hydroxylation is 2. The summed E-state index contributed by atoms with van der Waals surface area (Å²) in [5, 5.41) is 15.4. The predicted octanol–water partition coefficient (Wildman–Crippen LogP) is 2.35. The van der Waals surface area contributed by atoms with Crippen LogP contribution in [0.2, 0.25) is 0 Å². The average molecular weight is 347 g/mol. The molecule has 0 aliphatic rings. The number of carboxylic acids is 1. The van der Waals surface area contributed by atoms with Gasteiger partial charge in [0, 0.05) is 24.7 Å². The third kappa shape index (κ3) is 5.13. The number of nitrogens with zero attached hydrogens (tertiary/aromatic N) is 2. The van der Waals surface area contributed by atoms with E-state index >= 15 is 0 Å². The van der Waals surface area contributed by atoms with E-state index in [4.69, 9.17) is 5.11 Å². The quantitative estimate of drug-likeness (QED) is 0.566. The average Bonchev–Trinajstić information content (AvgIpc) is 2.97. The molecule has 24 heavy (non-hydrogen) atoms. The van der Waals surface area contributed by atoms with Gasteiger partial charge in [-0.25, -0.2) is 0 Å². The third-order valence-electron chi connectivity index (χ3n) is 3.47. The number of rotatable bonds is 8. The highest BCUT2D eigenvalue weighted by atomic mass is 32.2. The Morgan fingerprint density at radius 3 is 2.79 bits per heavy atom. The van der Waals surface area contributed by atoms with Crippen LogP contribution >= 0.6 is 11.8 Å². The van der Waals surface area contributed by atoms with Crippen molar-refractivity contribution >= 4 is 23.6 Å². The van der Waals surface area contributed by atoms with Gasteiger partial charge in [0.05, 0.1) is 11.8 Å². The fourth-order valence-corrected chi connectivity index (χ4v) is 3.12. The topological polar surface area (TPSA) is 84.2 Å². The molecule has 0 aliphatic carbocycles.